The van der Waals surface area contributed by atoms with E-state index in [1.165, 1.54) is 23.2 Å². The smallest absolute Gasteiger partial charge is 0.324 e. The minimum atomic E-state index is -0.445. The summed E-state index contributed by atoms with van der Waals surface area (Å²) in [4.78, 5) is 10.8. The molecular weight excluding hydrogens is 314 g/mol. The summed E-state index contributed by atoms with van der Waals surface area (Å²) in [7, 11) is 0. The van der Waals surface area contributed by atoms with E-state index in [0.29, 0.717) is 21.2 Å². The molecule has 0 atom stereocenters. The van der Waals surface area contributed by atoms with Gasteiger partial charge in [-0.25, -0.2) is 5.10 Å². The summed E-state index contributed by atoms with van der Waals surface area (Å²) in [5.74, 6) is 0.934. The Kier molecular flexibility index (Phi) is 3.46. The fourth-order valence-corrected chi connectivity index (χ4v) is 2.46. The second kappa shape index (κ2) is 5.42. The van der Waals surface area contributed by atoms with Crippen LogP contribution in [0.2, 0.25) is 0 Å². The first kappa shape index (κ1) is 13.4. The molecule has 0 unspecified atom stereocenters. The van der Waals surface area contributed by atoms with Crippen LogP contribution in [0.15, 0.2) is 40.0 Å². The number of aromatic nitrogens is 3. The molecule has 106 valence electrons. The molecule has 0 aliphatic heterocycles. The van der Waals surface area contributed by atoms with Gasteiger partial charge in [-0.15, -0.1) is 5.10 Å². The maximum Gasteiger partial charge on any atom is 0.324 e. The van der Waals surface area contributed by atoms with Crippen molar-refractivity contribution in [3.63, 3.8) is 0 Å². The third kappa shape index (κ3) is 2.66. The number of nitro groups is 1. The first-order valence-corrected chi connectivity index (χ1v) is 6.87. The Labute approximate surface area is 126 Å². The lowest BCUT2D eigenvalue weighted by molar-refractivity contribution is -0.380. The van der Waals surface area contributed by atoms with Crippen molar-refractivity contribution in [1.82, 2.24) is 14.9 Å². The Bertz CT molecular complexity index is 859. The molecule has 0 amide bonds. The summed E-state index contributed by atoms with van der Waals surface area (Å²) in [6.07, 6.45) is 3.00. The molecule has 0 fully saturated rings. The highest BCUT2D eigenvalue weighted by Gasteiger charge is 2.11. The third-order valence-electron chi connectivity index (χ3n) is 2.48. The highest BCUT2D eigenvalue weighted by atomic mass is 32.1. The molecule has 0 saturated carbocycles. The maximum atomic E-state index is 10.6. The number of nitrogens with zero attached hydrogens (tertiary/aromatic N) is 4. The minimum Gasteiger partial charge on any atom is -0.461 e. The van der Waals surface area contributed by atoms with E-state index in [9.17, 15) is 10.1 Å². The Morgan fingerprint density at radius 3 is 3.05 bits per heavy atom. The normalized spacial score (nSPS) is 11.2. The number of furan rings is 1. The highest BCUT2D eigenvalue weighted by molar-refractivity contribution is 7.71. The lowest BCUT2D eigenvalue weighted by Crippen LogP contribution is -1.93. The highest BCUT2D eigenvalue weighted by Crippen LogP contribution is 2.23. The van der Waals surface area contributed by atoms with E-state index in [-0.39, 0.29) is 5.00 Å². The Hall–Kier alpha value is -2.59. The average Bonchev–Trinajstić information content (AvgIpc) is 3.17. The predicted octanol–water partition coefficient (Wildman–Crippen LogP) is 3.05. The second-order valence-corrected chi connectivity index (χ2v) is 5.30. The van der Waals surface area contributed by atoms with E-state index in [1.54, 1.807) is 18.2 Å². The van der Waals surface area contributed by atoms with E-state index >= 15 is 0 Å². The Balaban J connectivity index is 1.94. The molecule has 0 aliphatic carbocycles. The topological polar surface area (TPSA) is 102 Å². The van der Waals surface area contributed by atoms with E-state index < -0.39 is 4.92 Å². The van der Waals surface area contributed by atoms with Crippen molar-refractivity contribution in [2.75, 3.05) is 0 Å². The Morgan fingerprint density at radius 1 is 1.52 bits per heavy atom. The van der Waals surface area contributed by atoms with E-state index in [0.717, 1.165) is 11.3 Å². The SMILES string of the molecule is O=[N+]([O-])c1ccc(/C=N\n2c(-c3ccco3)n[nH]c2=S)s1. The van der Waals surface area contributed by atoms with Crippen LogP contribution in [0, 0.1) is 14.9 Å². The van der Waals surface area contributed by atoms with E-state index in [1.807, 2.05) is 0 Å². The van der Waals surface area contributed by atoms with Gasteiger partial charge in [0.15, 0.2) is 5.76 Å². The van der Waals surface area contributed by atoms with Crippen LogP contribution in [0.1, 0.15) is 4.88 Å². The summed E-state index contributed by atoms with van der Waals surface area (Å²) < 4.78 is 6.93. The van der Waals surface area contributed by atoms with Crippen LogP contribution in [0.25, 0.3) is 11.6 Å². The second-order valence-electron chi connectivity index (χ2n) is 3.82. The number of hydrogen-bond donors (Lipinski definition) is 1. The van der Waals surface area contributed by atoms with Gasteiger partial charge in [0.2, 0.25) is 10.6 Å². The number of aromatic amines is 1. The molecule has 1 N–H and O–H groups in total. The van der Waals surface area contributed by atoms with Crippen LogP contribution in [0.3, 0.4) is 0 Å². The fourth-order valence-electron chi connectivity index (χ4n) is 1.59. The van der Waals surface area contributed by atoms with Gasteiger partial charge in [-0.05, 0) is 30.4 Å². The van der Waals surface area contributed by atoms with Gasteiger partial charge in [0.25, 0.3) is 0 Å². The summed E-state index contributed by atoms with van der Waals surface area (Å²) in [6.45, 7) is 0. The van der Waals surface area contributed by atoms with Crippen molar-refractivity contribution in [2.24, 2.45) is 5.10 Å². The molecule has 0 aliphatic rings. The monoisotopic (exact) mass is 321 g/mol. The van der Waals surface area contributed by atoms with Gasteiger partial charge in [0.05, 0.1) is 22.3 Å². The molecule has 3 heterocycles. The van der Waals surface area contributed by atoms with Crippen LogP contribution in [0.4, 0.5) is 5.00 Å². The molecule has 0 saturated heterocycles. The fraction of sp³-hybridized carbons (Fsp3) is 0. The third-order valence-corrected chi connectivity index (χ3v) is 3.72. The first-order chi connectivity index (χ1) is 10.1. The number of hydrogen-bond acceptors (Lipinski definition) is 7. The van der Waals surface area contributed by atoms with Crippen molar-refractivity contribution in [3.05, 3.63) is 50.3 Å². The van der Waals surface area contributed by atoms with Gasteiger partial charge in [-0.1, -0.05) is 11.3 Å². The van der Waals surface area contributed by atoms with Gasteiger partial charge in [0, 0.05) is 6.07 Å². The van der Waals surface area contributed by atoms with Crippen LogP contribution in [-0.4, -0.2) is 26.0 Å². The van der Waals surface area contributed by atoms with Crippen LogP contribution in [-0.2, 0) is 0 Å². The quantitative estimate of drug-likeness (QED) is 0.344. The van der Waals surface area contributed by atoms with Gasteiger partial charge in [0.1, 0.15) is 0 Å². The van der Waals surface area contributed by atoms with Crippen molar-refractivity contribution >= 4 is 34.8 Å². The summed E-state index contributed by atoms with van der Waals surface area (Å²) in [5.41, 5.74) is 0. The summed E-state index contributed by atoms with van der Waals surface area (Å²) in [6, 6.07) is 6.49. The summed E-state index contributed by atoms with van der Waals surface area (Å²) in [5, 5.41) is 21.5. The van der Waals surface area contributed by atoms with Gasteiger partial charge >= 0.3 is 5.00 Å². The Morgan fingerprint density at radius 2 is 2.38 bits per heavy atom. The lowest BCUT2D eigenvalue weighted by atomic mass is 10.4. The first-order valence-electron chi connectivity index (χ1n) is 5.65. The van der Waals surface area contributed by atoms with Crippen LogP contribution in [0.5, 0.6) is 0 Å². The molecule has 8 nitrogen and oxygen atoms in total. The van der Waals surface area contributed by atoms with Crippen LogP contribution >= 0.6 is 23.6 Å². The van der Waals surface area contributed by atoms with E-state index in [4.69, 9.17) is 16.6 Å². The number of thiophene rings is 1. The van der Waals surface area contributed by atoms with Gasteiger partial charge < -0.3 is 4.42 Å². The maximum absolute atomic E-state index is 10.6. The zero-order valence-electron chi connectivity index (χ0n) is 10.3. The zero-order chi connectivity index (χ0) is 14.8. The number of rotatable bonds is 4. The standard InChI is InChI=1S/C11H7N5O3S2/c17-16(18)9-4-3-7(21-9)6-12-15-10(13-14-11(15)20)8-2-1-5-19-8/h1-6H,(H,14,20)/b12-6-. The molecule has 3 aromatic rings. The van der Waals surface area contributed by atoms with Crippen molar-refractivity contribution in [1.29, 1.82) is 0 Å². The van der Waals surface area contributed by atoms with Crippen molar-refractivity contribution < 1.29 is 9.34 Å². The molecule has 3 aromatic heterocycles. The van der Waals surface area contributed by atoms with Gasteiger partial charge in [-0.3, -0.25) is 10.1 Å². The van der Waals surface area contributed by atoms with Crippen molar-refractivity contribution in [3.8, 4) is 11.6 Å². The van der Waals surface area contributed by atoms with E-state index in [2.05, 4.69) is 15.3 Å². The average molecular weight is 321 g/mol. The zero-order valence-corrected chi connectivity index (χ0v) is 11.9. The number of H-pyrrole nitrogens is 1. The summed E-state index contributed by atoms with van der Waals surface area (Å²) >= 11 is 6.12. The molecular formula is C11H7N5O3S2. The van der Waals surface area contributed by atoms with Crippen LogP contribution < -0.4 is 0 Å². The lowest BCUT2D eigenvalue weighted by Gasteiger charge is -1.95. The predicted molar refractivity (Wildman–Crippen MR) is 79.1 cm³/mol. The molecule has 0 bridgehead atoms. The van der Waals surface area contributed by atoms with Gasteiger partial charge in [-0.2, -0.15) is 9.78 Å². The molecule has 21 heavy (non-hydrogen) atoms. The molecule has 0 radical (unpaired) electrons. The minimum absolute atomic E-state index is 0.0542. The largest absolute Gasteiger partial charge is 0.461 e. The molecule has 10 heteroatoms. The number of nitrogens with one attached hydrogen (secondary N) is 1. The molecule has 0 aromatic carbocycles. The van der Waals surface area contributed by atoms with Crippen molar-refractivity contribution in [2.45, 2.75) is 0 Å². The molecule has 0 spiro atoms. The molecule has 3 rings (SSSR count).